The number of nitrogens with zero attached hydrogens (tertiary/aromatic N) is 2. The van der Waals surface area contributed by atoms with Gasteiger partial charge in [0.15, 0.2) is 11.5 Å². The lowest BCUT2D eigenvalue weighted by atomic mass is 10.1. The largest absolute Gasteiger partial charge is 0.504 e. The molecule has 1 aromatic heterocycles. The number of rotatable bonds is 1. The molecule has 0 unspecified atom stereocenters. The molecule has 1 aromatic carbocycles. The van der Waals surface area contributed by atoms with Crippen LogP contribution in [-0.4, -0.2) is 28.1 Å². The fraction of sp³-hybridized carbons (Fsp3) is 0.308. The highest BCUT2D eigenvalue weighted by atomic mass is 16.5. The van der Waals surface area contributed by atoms with E-state index in [1.54, 1.807) is 29.9 Å². The highest BCUT2D eigenvalue weighted by Gasteiger charge is 2.20. The van der Waals surface area contributed by atoms with E-state index in [1.165, 1.54) is 0 Å². The minimum Gasteiger partial charge on any atom is -0.504 e. The summed E-state index contributed by atoms with van der Waals surface area (Å²) < 4.78 is 12.6. The summed E-state index contributed by atoms with van der Waals surface area (Å²) in [7, 11) is 1.75. The molecule has 0 spiro atoms. The molecule has 19 heavy (non-hydrogen) atoms. The van der Waals surface area contributed by atoms with Crippen molar-refractivity contribution < 1.29 is 14.6 Å². The Hall–Kier alpha value is -2.37. The van der Waals surface area contributed by atoms with Crippen LogP contribution in [0.5, 0.6) is 17.2 Å². The number of anilines is 1. The summed E-state index contributed by atoms with van der Waals surface area (Å²) in [4.78, 5) is 0. The number of ether oxygens (including phenoxy) is 2. The van der Waals surface area contributed by atoms with Gasteiger partial charge in [-0.05, 0) is 12.1 Å². The number of fused-ring (bicyclic) bond motifs is 1. The van der Waals surface area contributed by atoms with Crippen LogP contribution in [0.4, 0.5) is 5.82 Å². The van der Waals surface area contributed by atoms with Crippen molar-refractivity contribution in [3.8, 4) is 28.5 Å². The monoisotopic (exact) mass is 261 g/mol. The molecular weight excluding hydrogens is 246 g/mol. The summed E-state index contributed by atoms with van der Waals surface area (Å²) in [5.41, 5.74) is 6.94. The highest BCUT2D eigenvalue weighted by molar-refractivity contribution is 5.74. The van der Waals surface area contributed by atoms with Crippen molar-refractivity contribution in [1.29, 1.82) is 0 Å². The molecule has 0 fully saturated rings. The van der Waals surface area contributed by atoms with Gasteiger partial charge in [0, 0.05) is 25.1 Å². The van der Waals surface area contributed by atoms with Gasteiger partial charge in [0.25, 0.3) is 0 Å². The second kappa shape index (κ2) is 4.38. The van der Waals surface area contributed by atoms with Gasteiger partial charge in [-0.1, -0.05) is 0 Å². The zero-order valence-corrected chi connectivity index (χ0v) is 10.6. The molecule has 100 valence electrons. The van der Waals surface area contributed by atoms with Gasteiger partial charge in [-0.2, -0.15) is 5.10 Å². The van der Waals surface area contributed by atoms with Gasteiger partial charge >= 0.3 is 0 Å². The molecule has 0 amide bonds. The van der Waals surface area contributed by atoms with Crippen LogP contribution >= 0.6 is 0 Å². The average Bonchev–Trinajstić information content (AvgIpc) is 2.62. The Morgan fingerprint density at radius 2 is 2.11 bits per heavy atom. The predicted molar refractivity (Wildman–Crippen MR) is 70.3 cm³/mol. The third-order valence-corrected chi connectivity index (χ3v) is 3.08. The Morgan fingerprint density at radius 3 is 2.84 bits per heavy atom. The molecule has 0 saturated heterocycles. The standard InChI is InChI=1S/C13H15N3O3/c1-16-11(14)7-9(15-16)8-3-4-10-13(12(8)17)19-6-2-5-18-10/h3-4,7,17H,2,5-6,14H2,1H3. The van der Waals surface area contributed by atoms with Crippen molar-refractivity contribution in [2.75, 3.05) is 18.9 Å². The number of aryl methyl sites for hydroxylation is 1. The maximum absolute atomic E-state index is 10.3. The van der Waals surface area contributed by atoms with Crippen molar-refractivity contribution in [2.45, 2.75) is 6.42 Å². The fourth-order valence-corrected chi connectivity index (χ4v) is 2.04. The van der Waals surface area contributed by atoms with E-state index in [9.17, 15) is 5.11 Å². The summed E-state index contributed by atoms with van der Waals surface area (Å²) in [6.07, 6.45) is 0.792. The van der Waals surface area contributed by atoms with Gasteiger partial charge in [-0.3, -0.25) is 4.68 Å². The summed E-state index contributed by atoms with van der Waals surface area (Å²) >= 11 is 0. The van der Waals surface area contributed by atoms with Crippen LogP contribution in [0, 0.1) is 0 Å². The van der Waals surface area contributed by atoms with E-state index in [-0.39, 0.29) is 5.75 Å². The summed E-state index contributed by atoms with van der Waals surface area (Å²) in [5.74, 6) is 1.50. The van der Waals surface area contributed by atoms with E-state index >= 15 is 0 Å². The maximum Gasteiger partial charge on any atom is 0.204 e. The first-order valence-electron chi connectivity index (χ1n) is 6.08. The first-order valence-corrected chi connectivity index (χ1v) is 6.08. The second-order valence-electron chi connectivity index (χ2n) is 4.42. The molecule has 0 saturated carbocycles. The van der Waals surface area contributed by atoms with Crippen molar-refractivity contribution >= 4 is 5.82 Å². The molecular formula is C13H15N3O3. The van der Waals surface area contributed by atoms with E-state index in [4.69, 9.17) is 15.2 Å². The van der Waals surface area contributed by atoms with E-state index in [2.05, 4.69) is 5.10 Å². The Labute approximate surface area is 110 Å². The Morgan fingerprint density at radius 1 is 1.32 bits per heavy atom. The van der Waals surface area contributed by atoms with Crippen LogP contribution in [0.3, 0.4) is 0 Å². The lowest BCUT2D eigenvalue weighted by Gasteiger charge is -2.11. The maximum atomic E-state index is 10.3. The number of aromatic hydroxyl groups is 1. The fourth-order valence-electron chi connectivity index (χ4n) is 2.04. The van der Waals surface area contributed by atoms with Crippen LogP contribution in [0.15, 0.2) is 18.2 Å². The molecule has 1 aliphatic rings. The zero-order valence-electron chi connectivity index (χ0n) is 10.6. The van der Waals surface area contributed by atoms with Crippen LogP contribution in [-0.2, 0) is 7.05 Å². The molecule has 0 bridgehead atoms. The Balaban J connectivity index is 2.10. The number of hydrogen-bond donors (Lipinski definition) is 2. The van der Waals surface area contributed by atoms with E-state index in [0.717, 1.165) is 6.42 Å². The molecule has 0 atom stereocenters. The summed E-state index contributed by atoms with van der Waals surface area (Å²) in [5, 5.41) is 14.6. The molecule has 0 radical (unpaired) electrons. The normalized spacial score (nSPS) is 14.2. The van der Waals surface area contributed by atoms with Gasteiger partial charge in [0.2, 0.25) is 5.75 Å². The van der Waals surface area contributed by atoms with Crippen LogP contribution in [0.25, 0.3) is 11.3 Å². The van der Waals surface area contributed by atoms with Gasteiger partial charge in [-0.25, -0.2) is 0 Å². The Bertz CT molecular complexity index is 602. The highest BCUT2D eigenvalue weighted by Crippen LogP contribution is 2.44. The minimum absolute atomic E-state index is 0.0394. The van der Waals surface area contributed by atoms with Gasteiger partial charge in [0.1, 0.15) is 5.82 Å². The minimum atomic E-state index is 0.0394. The lowest BCUT2D eigenvalue weighted by Crippen LogP contribution is -1.97. The Kier molecular flexibility index (Phi) is 2.70. The van der Waals surface area contributed by atoms with Crippen LogP contribution < -0.4 is 15.2 Å². The van der Waals surface area contributed by atoms with Gasteiger partial charge < -0.3 is 20.3 Å². The van der Waals surface area contributed by atoms with Crippen LogP contribution in [0.2, 0.25) is 0 Å². The number of nitrogen functional groups attached to an aromatic ring is 1. The SMILES string of the molecule is Cn1nc(-c2ccc3c(c2O)OCCCO3)cc1N. The number of phenols is 1. The number of aromatic nitrogens is 2. The van der Waals surface area contributed by atoms with Crippen molar-refractivity contribution in [3.05, 3.63) is 18.2 Å². The first-order chi connectivity index (χ1) is 9.16. The number of nitrogens with two attached hydrogens (primary N) is 1. The number of benzene rings is 1. The smallest absolute Gasteiger partial charge is 0.204 e. The molecule has 2 heterocycles. The van der Waals surface area contributed by atoms with Gasteiger partial charge in [-0.15, -0.1) is 0 Å². The lowest BCUT2D eigenvalue weighted by molar-refractivity contribution is 0.291. The van der Waals surface area contributed by atoms with E-state index in [0.29, 0.717) is 41.8 Å². The molecule has 6 heteroatoms. The molecule has 0 aliphatic carbocycles. The van der Waals surface area contributed by atoms with E-state index in [1.807, 2.05) is 0 Å². The van der Waals surface area contributed by atoms with Crippen LogP contribution in [0.1, 0.15) is 6.42 Å². The average molecular weight is 261 g/mol. The van der Waals surface area contributed by atoms with E-state index < -0.39 is 0 Å². The summed E-state index contributed by atoms with van der Waals surface area (Å²) in [6.45, 7) is 1.11. The second-order valence-corrected chi connectivity index (χ2v) is 4.42. The van der Waals surface area contributed by atoms with Crippen molar-refractivity contribution in [2.24, 2.45) is 7.05 Å². The summed E-state index contributed by atoms with van der Waals surface area (Å²) in [6, 6.07) is 5.24. The molecule has 1 aliphatic heterocycles. The quantitative estimate of drug-likeness (QED) is 0.813. The van der Waals surface area contributed by atoms with Gasteiger partial charge in [0.05, 0.1) is 18.9 Å². The van der Waals surface area contributed by atoms with Crippen molar-refractivity contribution in [1.82, 2.24) is 9.78 Å². The number of phenolic OH excluding ortho intramolecular Hbond substituents is 1. The molecule has 3 N–H and O–H groups in total. The molecule has 6 nitrogen and oxygen atoms in total. The molecule has 3 rings (SSSR count). The number of hydrogen-bond acceptors (Lipinski definition) is 5. The molecule has 2 aromatic rings. The zero-order chi connectivity index (χ0) is 13.4. The topological polar surface area (TPSA) is 82.5 Å². The predicted octanol–water partition coefficient (Wildman–Crippen LogP) is 1.54. The third kappa shape index (κ3) is 1.95. The van der Waals surface area contributed by atoms with Crippen molar-refractivity contribution in [3.63, 3.8) is 0 Å². The third-order valence-electron chi connectivity index (χ3n) is 3.08. The first kappa shape index (κ1) is 11.7.